The van der Waals surface area contributed by atoms with Crippen LogP contribution in [0, 0.1) is 0 Å². The first-order chi connectivity index (χ1) is 5.20. The standard InChI is InChI=1S/C7H9NO3.ClH/c8-5(4-7(9)10)6-2-1-3-11-6;/h1-3,5H,4,8H2,(H,9,10);1H/t5-;/m0./s1. The van der Waals surface area contributed by atoms with Crippen LogP contribution in [0.4, 0.5) is 0 Å². The van der Waals surface area contributed by atoms with E-state index in [-0.39, 0.29) is 18.8 Å². The largest absolute Gasteiger partial charge is 0.481 e. The lowest BCUT2D eigenvalue weighted by atomic mass is 10.2. The van der Waals surface area contributed by atoms with Crippen LogP contribution in [0.1, 0.15) is 18.2 Å². The molecule has 1 rings (SSSR count). The van der Waals surface area contributed by atoms with Gasteiger partial charge in [0.05, 0.1) is 18.7 Å². The minimum Gasteiger partial charge on any atom is -0.481 e. The number of carboxylic acids is 1. The summed E-state index contributed by atoms with van der Waals surface area (Å²) in [6.45, 7) is 0. The summed E-state index contributed by atoms with van der Waals surface area (Å²) in [4.78, 5) is 10.2. The van der Waals surface area contributed by atoms with Gasteiger partial charge in [-0.3, -0.25) is 4.79 Å². The SMILES string of the molecule is Cl.N[C@@H](CC(=O)O)c1ccco1. The number of carboxylic acid groups (broad SMARTS) is 1. The Hall–Kier alpha value is -1.00. The van der Waals surface area contributed by atoms with Crippen molar-refractivity contribution >= 4 is 18.4 Å². The van der Waals surface area contributed by atoms with E-state index < -0.39 is 12.0 Å². The van der Waals surface area contributed by atoms with Crippen molar-refractivity contribution in [3.8, 4) is 0 Å². The molecule has 68 valence electrons. The van der Waals surface area contributed by atoms with E-state index in [0.29, 0.717) is 5.76 Å². The van der Waals surface area contributed by atoms with Crippen molar-refractivity contribution < 1.29 is 14.3 Å². The molecule has 4 nitrogen and oxygen atoms in total. The summed E-state index contributed by atoms with van der Waals surface area (Å²) in [5, 5.41) is 8.36. The Bertz CT molecular complexity index is 235. The van der Waals surface area contributed by atoms with Crippen molar-refractivity contribution in [3.05, 3.63) is 24.2 Å². The molecule has 0 spiro atoms. The molecule has 0 amide bonds. The predicted molar refractivity (Wildman–Crippen MR) is 45.1 cm³/mol. The first kappa shape index (κ1) is 11.0. The summed E-state index contributed by atoms with van der Waals surface area (Å²) in [5.74, 6) is -0.415. The van der Waals surface area contributed by atoms with E-state index >= 15 is 0 Å². The average molecular weight is 192 g/mol. The third-order valence-electron chi connectivity index (χ3n) is 1.30. The summed E-state index contributed by atoms with van der Waals surface area (Å²) in [6.07, 6.45) is 1.37. The Labute approximate surface area is 75.8 Å². The van der Waals surface area contributed by atoms with Crippen molar-refractivity contribution in [1.82, 2.24) is 0 Å². The highest BCUT2D eigenvalue weighted by atomic mass is 35.5. The summed E-state index contributed by atoms with van der Waals surface area (Å²) >= 11 is 0. The highest BCUT2D eigenvalue weighted by Crippen LogP contribution is 2.13. The lowest BCUT2D eigenvalue weighted by molar-refractivity contribution is -0.137. The molecule has 1 heterocycles. The van der Waals surface area contributed by atoms with Gasteiger partial charge in [-0.2, -0.15) is 0 Å². The van der Waals surface area contributed by atoms with Gasteiger partial charge in [-0.15, -0.1) is 12.4 Å². The second-order valence-corrected chi connectivity index (χ2v) is 2.22. The topological polar surface area (TPSA) is 76.5 Å². The van der Waals surface area contributed by atoms with Crippen LogP contribution in [0.25, 0.3) is 0 Å². The summed E-state index contributed by atoms with van der Waals surface area (Å²) in [5.41, 5.74) is 5.47. The number of halogens is 1. The van der Waals surface area contributed by atoms with Gasteiger partial charge in [-0.25, -0.2) is 0 Å². The Morgan fingerprint density at radius 2 is 2.42 bits per heavy atom. The van der Waals surface area contributed by atoms with Crippen LogP contribution < -0.4 is 5.73 Å². The number of nitrogens with two attached hydrogens (primary N) is 1. The van der Waals surface area contributed by atoms with E-state index in [0.717, 1.165) is 0 Å². The number of rotatable bonds is 3. The first-order valence-electron chi connectivity index (χ1n) is 3.21. The third-order valence-corrected chi connectivity index (χ3v) is 1.30. The number of carbonyl (C=O) groups is 1. The van der Waals surface area contributed by atoms with Gasteiger partial charge in [0.1, 0.15) is 5.76 Å². The smallest absolute Gasteiger partial charge is 0.305 e. The minimum absolute atomic E-state index is 0. The fraction of sp³-hybridized carbons (Fsp3) is 0.286. The van der Waals surface area contributed by atoms with Gasteiger partial charge in [0, 0.05) is 0 Å². The van der Waals surface area contributed by atoms with E-state index in [1.54, 1.807) is 12.1 Å². The Kier molecular flexibility index (Phi) is 4.39. The average Bonchev–Trinajstić information content (AvgIpc) is 2.35. The highest BCUT2D eigenvalue weighted by molar-refractivity contribution is 5.85. The number of hydrogen-bond acceptors (Lipinski definition) is 3. The quantitative estimate of drug-likeness (QED) is 0.752. The molecule has 5 heteroatoms. The van der Waals surface area contributed by atoms with Crippen LogP contribution >= 0.6 is 12.4 Å². The van der Waals surface area contributed by atoms with Crippen molar-refractivity contribution in [2.45, 2.75) is 12.5 Å². The van der Waals surface area contributed by atoms with Gasteiger partial charge >= 0.3 is 5.97 Å². The highest BCUT2D eigenvalue weighted by Gasteiger charge is 2.11. The molecule has 1 aromatic rings. The number of aliphatic carboxylic acids is 1. The summed E-state index contributed by atoms with van der Waals surface area (Å²) in [6, 6.07) is 2.80. The zero-order chi connectivity index (χ0) is 8.27. The fourth-order valence-corrected chi connectivity index (χ4v) is 0.791. The van der Waals surface area contributed by atoms with Gasteiger partial charge < -0.3 is 15.3 Å². The molecule has 12 heavy (non-hydrogen) atoms. The Balaban J connectivity index is 0.00000121. The minimum atomic E-state index is -0.922. The second-order valence-electron chi connectivity index (χ2n) is 2.22. The van der Waals surface area contributed by atoms with Crippen LogP contribution in [-0.2, 0) is 4.79 Å². The maximum absolute atomic E-state index is 10.2. The fourth-order valence-electron chi connectivity index (χ4n) is 0.791. The van der Waals surface area contributed by atoms with Crippen molar-refractivity contribution in [3.63, 3.8) is 0 Å². The number of furan rings is 1. The summed E-state index contributed by atoms with van der Waals surface area (Å²) in [7, 11) is 0. The van der Waals surface area contributed by atoms with Crippen LogP contribution in [0.3, 0.4) is 0 Å². The zero-order valence-corrected chi connectivity index (χ0v) is 7.08. The predicted octanol–water partition coefficient (Wildman–Crippen LogP) is 1.18. The second kappa shape index (κ2) is 4.79. The Morgan fingerprint density at radius 1 is 1.75 bits per heavy atom. The molecule has 0 fully saturated rings. The molecule has 0 aliphatic carbocycles. The maximum atomic E-state index is 10.2. The van der Waals surface area contributed by atoms with E-state index in [1.807, 2.05) is 0 Å². The molecular formula is C7H10ClNO3. The lowest BCUT2D eigenvalue weighted by Gasteiger charge is -2.03. The molecule has 1 atom stereocenters. The molecule has 0 aliphatic heterocycles. The molecule has 0 saturated carbocycles. The third kappa shape index (κ3) is 2.94. The van der Waals surface area contributed by atoms with Crippen molar-refractivity contribution in [2.75, 3.05) is 0 Å². The van der Waals surface area contributed by atoms with E-state index in [1.165, 1.54) is 6.26 Å². The molecule has 3 N–H and O–H groups in total. The Morgan fingerprint density at radius 3 is 2.83 bits per heavy atom. The molecule has 0 aromatic carbocycles. The summed E-state index contributed by atoms with van der Waals surface area (Å²) < 4.78 is 4.91. The van der Waals surface area contributed by atoms with Crippen LogP contribution in [0.15, 0.2) is 22.8 Å². The maximum Gasteiger partial charge on any atom is 0.305 e. The lowest BCUT2D eigenvalue weighted by Crippen LogP contribution is -2.13. The molecule has 0 radical (unpaired) electrons. The van der Waals surface area contributed by atoms with Gasteiger partial charge in [0.15, 0.2) is 0 Å². The molecule has 0 saturated heterocycles. The van der Waals surface area contributed by atoms with Gasteiger partial charge in [0.25, 0.3) is 0 Å². The first-order valence-corrected chi connectivity index (χ1v) is 3.21. The zero-order valence-electron chi connectivity index (χ0n) is 6.27. The van der Waals surface area contributed by atoms with Crippen LogP contribution in [0.2, 0.25) is 0 Å². The van der Waals surface area contributed by atoms with Gasteiger partial charge in [-0.05, 0) is 12.1 Å². The van der Waals surface area contributed by atoms with Gasteiger partial charge in [-0.1, -0.05) is 0 Å². The molecule has 0 unspecified atom stereocenters. The van der Waals surface area contributed by atoms with Crippen LogP contribution in [-0.4, -0.2) is 11.1 Å². The number of hydrogen-bond donors (Lipinski definition) is 2. The molecular weight excluding hydrogens is 182 g/mol. The van der Waals surface area contributed by atoms with E-state index in [9.17, 15) is 4.79 Å². The normalized spacial score (nSPS) is 11.8. The molecule has 0 aliphatic rings. The van der Waals surface area contributed by atoms with Gasteiger partial charge in [0.2, 0.25) is 0 Å². The monoisotopic (exact) mass is 191 g/mol. The van der Waals surface area contributed by atoms with E-state index in [4.69, 9.17) is 15.3 Å². The molecule has 0 bridgehead atoms. The van der Waals surface area contributed by atoms with E-state index in [2.05, 4.69) is 0 Å². The molecule has 1 aromatic heterocycles. The van der Waals surface area contributed by atoms with Crippen LogP contribution in [0.5, 0.6) is 0 Å². The van der Waals surface area contributed by atoms with Crippen molar-refractivity contribution in [2.24, 2.45) is 5.73 Å². The van der Waals surface area contributed by atoms with Crippen molar-refractivity contribution in [1.29, 1.82) is 0 Å².